The Morgan fingerprint density at radius 3 is 2.29 bits per heavy atom. The number of carbonyl (C=O) groups excluding carboxylic acids is 1. The van der Waals surface area contributed by atoms with Gasteiger partial charge in [-0.2, -0.15) is 5.10 Å². The van der Waals surface area contributed by atoms with E-state index in [0.29, 0.717) is 24.0 Å². The second-order valence-electron chi connectivity index (χ2n) is 8.56. The summed E-state index contributed by atoms with van der Waals surface area (Å²) in [6.07, 6.45) is 3.95. The molecule has 1 aliphatic rings. The van der Waals surface area contributed by atoms with E-state index in [-0.39, 0.29) is 11.7 Å². The number of benzene rings is 2. The fourth-order valence-corrected chi connectivity index (χ4v) is 4.23. The number of hydrazone groups is 1. The minimum atomic E-state index is -1.09. The molecule has 7 heteroatoms. The zero-order valence-electron chi connectivity index (χ0n) is 20.7. The van der Waals surface area contributed by atoms with Gasteiger partial charge in [0.1, 0.15) is 5.71 Å². The van der Waals surface area contributed by atoms with E-state index < -0.39 is 5.72 Å². The van der Waals surface area contributed by atoms with Crippen LogP contribution in [0.4, 0.5) is 0 Å². The average Bonchev–Trinajstić information content (AvgIpc) is 2.84. The van der Waals surface area contributed by atoms with Crippen LogP contribution in [0.3, 0.4) is 0 Å². The first-order valence-electron chi connectivity index (χ1n) is 12.1. The van der Waals surface area contributed by atoms with E-state index in [1.165, 1.54) is 17.3 Å². The van der Waals surface area contributed by atoms with Gasteiger partial charge < -0.3 is 10.1 Å². The number of nitrogens with zero attached hydrogens (tertiary/aromatic N) is 2. The number of unbranched alkanes of at least 4 members (excludes halogenated alkanes) is 2. The largest absolute Gasteiger partial charge is 0.355 e. The zero-order chi connectivity index (χ0) is 24.4. The molecule has 182 valence electrons. The second kappa shape index (κ2) is 12.7. The summed E-state index contributed by atoms with van der Waals surface area (Å²) >= 11 is 1.34. The molecule has 0 bridgehead atoms. The highest BCUT2D eigenvalue weighted by molar-refractivity contribution is 8.14. The highest BCUT2D eigenvalue weighted by Gasteiger charge is 2.42. The summed E-state index contributed by atoms with van der Waals surface area (Å²) in [7, 11) is 0. The van der Waals surface area contributed by atoms with Crippen molar-refractivity contribution in [2.45, 2.75) is 59.1 Å². The standard InChI is InChI=1S/C27H36N4O2S/c1-5-7-17-28-24(32)19-34-26-29-27(33-18-8-6-2,23-15-11-21(4)12-16-23)25(30-31-26)22-13-9-20(3)10-14-22/h9-16H,5-8,17-19H2,1-4H3,(H,28,32)(H,29,31). The van der Waals surface area contributed by atoms with E-state index in [2.05, 4.69) is 87.0 Å². The number of carbonyl (C=O) groups is 1. The van der Waals surface area contributed by atoms with Crippen molar-refractivity contribution < 1.29 is 9.53 Å². The molecule has 0 aromatic heterocycles. The van der Waals surface area contributed by atoms with E-state index in [1.807, 2.05) is 0 Å². The Kier molecular flexibility index (Phi) is 9.72. The molecule has 0 radical (unpaired) electrons. The van der Waals surface area contributed by atoms with Crippen molar-refractivity contribution in [1.82, 2.24) is 10.7 Å². The van der Waals surface area contributed by atoms with E-state index in [4.69, 9.17) is 14.8 Å². The average molecular weight is 481 g/mol. The highest BCUT2D eigenvalue weighted by Crippen LogP contribution is 2.36. The lowest BCUT2D eigenvalue weighted by atomic mass is 9.91. The number of nitrogens with one attached hydrogen (secondary N) is 2. The van der Waals surface area contributed by atoms with Gasteiger partial charge in [-0.1, -0.05) is 98.1 Å². The molecular weight excluding hydrogens is 444 g/mol. The molecule has 0 saturated carbocycles. The molecule has 2 N–H and O–H groups in total. The first-order valence-corrected chi connectivity index (χ1v) is 13.1. The number of ether oxygens (including phenoxy) is 1. The predicted octanol–water partition coefficient (Wildman–Crippen LogP) is 5.29. The normalized spacial score (nSPS) is 17.5. The van der Waals surface area contributed by atoms with Crippen LogP contribution in [0.2, 0.25) is 0 Å². The van der Waals surface area contributed by atoms with Gasteiger partial charge in [0.05, 0.1) is 12.4 Å². The maximum absolute atomic E-state index is 12.3. The number of amidine groups is 1. The number of aliphatic imine (C=N–C) groups is 1. The molecule has 2 aromatic carbocycles. The van der Waals surface area contributed by atoms with Gasteiger partial charge in [-0.3, -0.25) is 10.2 Å². The molecule has 0 fully saturated rings. The number of amides is 1. The van der Waals surface area contributed by atoms with E-state index in [9.17, 15) is 4.79 Å². The van der Waals surface area contributed by atoms with Crippen LogP contribution < -0.4 is 10.7 Å². The van der Waals surface area contributed by atoms with Crippen LogP contribution >= 0.6 is 11.8 Å². The van der Waals surface area contributed by atoms with Gasteiger partial charge in [0.2, 0.25) is 11.6 Å². The number of rotatable bonds is 11. The summed E-state index contributed by atoms with van der Waals surface area (Å²) in [5, 5.41) is 8.28. The van der Waals surface area contributed by atoms with Crippen LogP contribution in [0.5, 0.6) is 0 Å². The Hall–Kier alpha value is -2.64. The van der Waals surface area contributed by atoms with Crippen LogP contribution in [0, 0.1) is 13.8 Å². The second-order valence-corrected chi connectivity index (χ2v) is 9.52. The highest BCUT2D eigenvalue weighted by atomic mass is 32.2. The fraction of sp³-hybridized carbons (Fsp3) is 0.444. The topological polar surface area (TPSA) is 75.1 Å². The van der Waals surface area contributed by atoms with Crippen molar-refractivity contribution in [1.29, 1.82) is 0 Å². The number of hydrogen-bond donors (Lipinski definition) is 2. The molecule has 1 unspecified atom stereocenters. The molecule has 1 heterocycles. The van der Waals surface area contributed by atoms with Crippen molar-refractivity contribution in [3.05, 3.63) is 70.8 Å². The third-order valence-electron chi connectivity index (χ3n) is 5.61. The lowest BCUT2D eigenvalue weighted by Gasteiger charge is -2.35. The molecule has 3 rings (SSSR count). The summed E-state index contributed by atoms with van der Waals surface area (Å²) < 4.78 is 6.58. The summed E-state index contributed by atoms with van der Waals surface area (Å²) in [6, 6.07) is 16.5. The van der Waals surface area contributed by atoms with E-state index in [1.54, 1.807) is 0 Å². The van der Waals surface area contributed by atoms with Crippen LogP contribution in [0.15, 0.2) is 58.6 Å². The Balaban J connectivity index is 1.97. The predicted molar refractivity (Wildman–Crippen MR) is 142 cm³/mol. The molecule has 1 atom stereocenters. The van der Waals surface area contributed by atoms with Crippen molar-refractivity contribution in [2.24, 2.45) is 10.1 Å². The molecule has 1 amide bonds. The third kappa shape index (κ3) is 6.70. The molecule has 0 saturated heterocycles. The zero-order valence-corrected chi connectivity index (χ0v) is 21.5. The fourth-order valence-electron chi connectivity index (χ4n) is 3.56. The summed E-state index contributed by atoms with van der Waals surface area (Å²) in [6.45, 7) is 9.62. The number of thioether (sulfide) groups is 1. The molecule has 34 heavy (non-hydrogen) atoms. The van der Waals surface area contributed by atoms with Crippen molar-refractivity contribution in [3.8, 4) is 0 Å². The lowest BCUT2D eigenvalue weighted by Crippen LogP contribution is -2.44. The maximum atomic E-state index is 12.3. The Labute approximate surface area is 207 Å². The Morgan fingerprint density at radius 1 is 1.00 bits per heavy atom. The van der Waals surface area contributed by atoms with Crippen molar-refractivity contribution in [2.75, 3.05) is 18.9 Å². The van der Waals surface area contributed by atoms with Crippen LogP contribution in [0.1, 0.15) is 61.8 Å². The monoisotopic (exact) mass is 480 g/mol. The van der Waals surface area contributed by atoms with Gasteiger partial charge in [-0.25, -0.2) is 4.99 Å². The van der Waals surface area contributed by atoms with E-state index >= 15 is 0 Å². The minimum Gasteiger partial charge on any atom is -0.355 e. The first kappa shape index (κ1) is 26.0. The Bertz CT molecular complexity index is 1000. The van der Waals surface area contributed by atoms with Crippen LogP contribution in [-0.2, 0) is 15.3 Å². The van der Waals surface area contributed by atoms with Gasteiger partial charge in [0.15, 0.2) is 5.17 Å². The number of hydrogen-bond acceptors (Lipinski definition) is 6. The molecule has 0 aliphatic carbocycles. The van der Waals surface area contributed by atoms with Crippen LogP contribution in [-0.4, -0.2) is 35.7 Å². The molecule has 0 spiro atoms. The molecular formula is C27H36N4O2S. The summed E-state index contributed by atoms with van der Waals surface area (Å²) in [5.74, 6) is 0.258. The summed E-state index contributed by atoms with van der Waals surface area (Å²) in [5.41, 5.74) is 6.89. The third-order valence-corrected chi connectivity index (χ3v) is 6.48. The van der Waals surface area contributed by atoms with Gasteiger partial charge >= 0.3 is 0 Å². The summed E-state index contributed by atoms with van der Waals surface area (Å²) in [4.78, 5) is 17.3. The lowest BCUT2D eigenvalue weighted by molar-refractivity contribution is -0.118. The SMILES string of the molecule is CCCCNC(=O)CSC1=NC(OCCCC)(c2ccc(C)cc2)C(c2ccc(C)cc2)=NN1. The quantitative estimate of drug-likeness (QED) is 0.429. The smallest absolute Gasteiger partial charge is 0.233 e. The van der Waals surface area contributed by atoms with Gasteiger partial charge in [0, 0.05) is 17.7 Å². The van der Waals surface area contributed by atoms with Crippen LogP contribution in [0.25, 0.3) is 0 Å². The molecule has 6 nitrogen and oxygen atoms in total. The van der Waals surface area contributed by atoms with Crippen molar-refractivity contribution in [3.63, 3.8) is 0 Å². The minimum absolute atomic E-state index is 0.0101. The first-order chi connectivity index (χ1) is 16.5. The Morgan fingerprint density at radius 2 is 1.65 bits per heavy atom. The number of aryl methyl sites for hydroxylation is 2. The van der Waals surface area contributed by atoms with Gasteiger partial charge in [0.25, 0.3) is 0 Å². The maximum Gasteiger partial charge on any atom is 0.233 e. The van der Waals surface area contributed by atoms with Gasteiger partial charge in [-0.15, -0.1) is 0 Å². The van der Waals surface area contributed by atoms with E-state index in [0.717, 1.165) is 42.4 Å². The van der Waals surface area contributed by atoms with Gasteiger partial charge in [-0.05, 0) is 26.7 Å². The van der Waals surface area contributed by atoms with Crippen molar-refractivity contribution >= 4 is 28.5 Å². The molecule has 2 aromatic rings. The molecule has 1 aliphatic heterocycles.